The van der Waals surface area contributed by atoms with Crippen LogP contribution in [0.15, 0.2) is 53.9 Å². The van der Waals surface area contributed by atoms with Crippen molar-refractivity contribution in [2.75, 3.05) is 25.0 Å². The second-order valence-electron chi connectivity index (χ2n) is 8.52. The summed E-state index contributed by atoms with van der Waals surface area (Å²) in [6.07, 6.45) is 11.2. The number of aliphatic imine (C=N–C) groups is 1. The van der Waals surface area contributed by atoms with E-state index in [-0.39, 0.29) is 6.10 Å². The fourth-order valence-corrected chi connectivity index (χ4v) is 4.46. The lowest BCUT2D eigenvalue weighted by Gasteiger charge is -2.37. The molecule has 4 rings (SSSR count). The maximum atomic E-state index is 10.7. The van der Waals surface area contributed by atoms with Crippen LogP contribution in [0.1, 0.15) is 32.3 Å². The van der Waals surface area contributed by atoms with E-state index in [1.54, 1.807) is 11.7 Å². The zero-order chi connectivity index (χ0) is 23.4. The maximum Gasteiger partial charge on any atom is 0.161 e. The first-order chi connectivity index (χ1) is 16.0. The number of aromatic nitrogens is 4. The van der Waals surface area contributed by atoms with Crippen LogP contribution in [0.25, 0.3) is 28.1 Å². The van der Waals surface area contributed by atoms with Gasteiger partial charge in [0.05, 0.1) is 12.3 Å². The average Bonchev–Trinajstić information content (AvgIpc) is 3.28. The fraction of sp³-hybridized carbons (Fsp3) is 0.385. The maximum absolute atomic E-state index is 10.7. The summed E-state index contributed by atoms with van der Waals surface area (Å²) in [5.74, 6) is 1.84. The molecule has 0 aliphatic carbocycles. The monoisotopic (exact) mass is 444 g/mol. The molecule has 1 N–H and O–H groups in total. The number of benzene rings is 1. The Kier molecular flexibility index (Phi) is 6.99. The number of aryl methyl sites for hydroxylation is 1. The minimum Gasteiger partial charge on any atom is -0.391 e. The molecule has 7 nitrogen and oxygen atoms in total. The number of hydrogen-bond acceptors (Lipinski definition) is 6. The van der Waals surface area contributed by atoms with Crippen molar-refractivity contribution in [1.29, 1.82) is 0 Å². The summed E-state index contributed by atoms with van der Waals surface area (Å²) in [7, 11) is 3.68. The topological polar surface area (TPSA) is 79.4 Å². The molecule has 1 fully saturated rings. The first-order valence-corrected chi connectivity index (χ1v) is 11.5. The van der Waals surface area contributed by atoms with E-state index in [1.807, 2.05) is 57.0 Å². The standard InChI is InChI=1S/C26H32N6O/c1-5-18-10-11-32(17-24(18)33)26-23(22-14-29-31(4)16-22)15-28-25(30-26)21-9-7-8-20(12-21)19(6-2)13-27-3/h6-9,12-16,18,24,33H,5,10-11,17H2,1-4H3/b19-6+,27-13?. The number of nitrogens with zero attached hydrogens (tertiary/aromatic N) is 6. The first kappa shape index (κ1) is 22.9. The molecule has 2 aromatic heterocycles. The number of aliphatic hydroxyl groups is 1. The molecular formula is C26H32N6O. The van der Waals surface area contributed by atoms with Gasteiger partial charge in [0.15, 0.2) is 5.82 Å². The second-order valence-corrected chi connectivity index (χ2v) is 8.52. The van der Waals surface area contributed by atoms with Crippen molar-refractivity contribution in [1.82, 2.24) is 19.7 Å². The van der Waals surface area contributed by atoms with E-state index in [0.717, 1.165) is 53.0 Å². The lowest BCUT2D eigenvalue weighted by Crippen LogP contribution is -2.44. The molecule has 0 amide bonds. The van der Waals surface area contributed by atoms with Crippen LogP contribution in [0.2, 0.25) is 0 Å². The molecule has 2 atom stereocenters. The second kappa shape index (κ2) is 10.1. The number of anilines is 1. The van der Waals surface area contributed by atoms with Crippen LogP contribution in [-0.2, 0) is 7.05 Å². The summed E-state index contributed by atoms with van der Waals surface area (Å²) in [6.45, 7) is 5.57. The Hall–Kier alpha value is -3.32. The number of hydrogen-bond donors (Lipinski definition) is 1. The third kappa shape index (κ3) is 4.88. The van der Waals surface area contributed by atoms with E-state index in [9.17, 15) is 5.11 Å². The van der Waals surface area contributed by atoms with Gasteiger partial charge in [-0.05, 0) is 36.5 Å². The molecule has 2 unspecified atom stereocenters. The van der Waals surface area contributed by atoms with Crippen molar-refractivity contribution in [3.8, 4) is 22.5 Å². The molecule has 3 heterocycles. The molecule has 1 saturated heterocycles. The molecule has 0 saturated carbocycles. The van der Waals surface area contributed by atoms with Gasteiger partial charge in [-0.1, -0.05) is 37.6 Å². The smallest absolute Gasteiger partial charge is 0.161 e. The zero-order valence-corrected chi connectivity index (χ0v) is 19.8. The molecule has 3 aromatic rings. The van der Waals surface area contributed by atoms with Crippen molar-refractivity contribution in [2.24, 2.45) is 18.0 Å². The third-order valence-electron chi connectivity index (χ3n) is 6.36. The Bertz CT molecular complexity index is 1170. The van der Waals surface area contributed by atoms with Crippen LogP contribution in [-0.4, -0.2) is 57.3 Å². The van der Waals surface area contributed by atoms with Crippen LogP contribution in [0.4, 0.5) is 5.82 Å². The Labute approximate surface area is 195 Å². The van der Waals surface area contributed by atoms with Crippen LogP contribution in [0.5, 0.6) is 0 Å². The molecule has 0 bridgehead atoms. The van der Waals surface area contributed by atoms with Crippen LogP contribution in [0, 0.1) is 5.92 Å². The van der Waals surface area contributed by atoms with Gasteiger partial charge in [0.25, 0.3) is 0 Å². The number of β-amino-alcohol motifs (C(OH)–C–C–N with tert-alkyl or cyclic N) is 1. The van der Waals surface area contributed by atoms with E-state index < -0.39 is 0 Å². The predicted molar refractivity (Wildman–Crippen MR) is 134 cm³/mol. The minimum atomic E-state index is -0.363. The Balaban J connectivity index is 1.77. The highest BCUT2D eigenvalue weighted by molar-refractivity contribution is 6.09. The highest BCUT2D eigenvalue weighted by Gasteiger charge is 2.29. The van der Waals surface area contributed by atoms with Gasteiger partial charge in [-0.3, -0.25) is 9.67 Å². The number of aliphatic hydroxyl groups excluding tert-OH is 1. The molecule has 1 aromatic carbocycles. The lowest BCUT2D eigenvalue weighted by atomic mass is 9.91. The third-order valence-corrected chi connectivity index (χ3v) is 6.36. The van der Waals surface area contributed by atoms with E-state index in [4.69, 9.17) is 9.97 Å². The highest BCUT2D eigenvalue weighted by atomic mass is 16.3. The van der Waals surface area contributed by atoms with E-state index >= 15 is 0 Å². The quantitative estimate of drug-likeness (QED) is 0.575. The van der Waals surface area contributed by atoms with Gasteiger partial charge >= 0.3 is 0 Å². The summed E-state index contributed by atoms with van der Waals surface area (Å²) in [6, 6.07) is 8.21. The molecule has 7 heteroatoms. The van der Waals surface area contributed by atoms with Gasteiger partial charge < -0.3 is 10.0 Å². The zero-order valence-electron chi connectivity index (χ0n) is 19.8. The Morgan fingerprint density at radius 3 is 2.79 bits per heavy atom. The summed E-state index contributed by atoms with van der Waals surface area (Å²) < 4.78 is 1.78. The van der Waals surface area contributed by atoms with Gasteiger partial charge in [0.1, 0.15) is 5.82 Å². The predicted octanol–water partition coefficient (Wildman–Crippen LogP) is 4.25. The lowest BCUT2D eigenvalue weighted by molar-refractivity contribution is 0.0906. The molecule has 33 heavy (non-hydrogen) atoms. The normalized spacial score (nSPS) is 19.4. The van der Waals surface area contributed by atoms with Gasteiger partial charge in [0, 0.05) is 62.5 Å². The van der Waals surface area contributed by atoms with E-state index in [1.165, 1.54) is 0 Å². The van der Waals surface area contributed by atoms with Gasteiger partial charge in [-0.15, -0.1) is 0 Å². The van der Waals surface area contributed by atoms with Crippen LogP contribution < -0.4 is 4.90 Å². The number of allylic oxidation sites excluding steroid dienone is 2. The Morgan fingerprint density at radius 2 is 2.12 bits per heavy atom. The highest BCUT2D eigenvalue weighted by Crippen LogP contribution is 2.34. The van der Waals surface area contributed by atoms with Gasteiger partial charge in [-0.2, -0.15) is 5.10 Å². The van der Waals surface area contributed by atoms with Crippen molar-refractivity contribution >= 4 is 17.6 Å². The van der Waals surface area contributed by atoms with Crippen molar-refractivity contribution in [2.45, 2.75) is 32.8 Å². The van der Waals surface area contributed by atoms with Gasteiger partial charge in [-0.25, -0.2) is 9.97 Å². The molecule has 172 valence electrons. The summed E-state index contributed by atoms with van der Waals surface area (Å²) in [5.41, 5.74) is 4.96. The summed E-state index contributed by atoms with van der Waals surface area (Å²) in [5, 5.41) is 15.0. The molecule has 1 aliphatic rings. The fourth-order valence-electron chi connectivity index (χ4n) is 4.46. The molecule has 0 spiro atoms. The Morgan fingerprint density at radius 1 is 1.27 bits per heavy atom. The SMILES string of the molecule is C/C=C(\C=NC)c1cccc(-c2ncc(-c3cnn(C)c3)c(N3CCC(CC)C(O)C3)n2)c1. The van der Waals surface area contributed by atoms with Crippen molar-refractivity contribution in [3.63, 3.8) is 0 Å². The van der Waals surface area contributed by atoms with E-state index in [2.05, 4.69) is 34.0 Å². The van der Waals surface area contributed by atoms with Crippen molar-refractivity contribution < 1.29 is 5.11 Å². The van der Waals surface area contributed by atoms with Gasteiger partial charge in [0.2, 0.25) is 0 Å². The average molecular weight is 445 g/mol. The summed E-state index contributed by atoms with van der Waals surface area (Å²) >= 11 is 0. The van der Waals surface area contributed by atoms with E-state index in [0.29, 0.717) is 18.3 Å². The first-order valence-electron chi connectivity index (χ1n) is 11.5. The molecule has 1 aliphatic heterocycles. The van der Waals surface area contributed by atoms with Crippen LogP contribution in [0.3, 0.4) is 0 Å². The number of rotatable bonds is 6. The molecular weight excluding hydrogens is 412 g/mol. The van der Waals surface area contributed by atoms with Crippen LogP contribution >= 0.6 is 0 Å². The largest absolute Gasteiger partial charge is 0.391 e. The minimum absolute atomic E-state index is 0.334. The van der Waals surface area contributed by atoms with Crippen molar-refractivity contribution in [3.05, 3.63) is 54.5 Å². The number of piperidine rings is 1. The molecule has 0 radical (unpaired) electrons. The summed E-state index contributed by atoms with van der Waals surface area (Å²) in [4.78, 5) is 16.1.